The summed E-state index contributed by atoms with van der Waals surface area (Å²) < 4.78 is 16.5. The number of nitrogens with zero attached hydrogens (tertiary/aromatic N) is 2. The van der Waals surface area contributed by atoms with E-state index in [9.17, 15) is 4.21 Å². The third-order valence-corrected chi connectivity index (χ3v) is 7.04. The number of hydrogen-bond acceptors (Lipinski definition) is 2. The van der Waals surface area contributed by atoms with Crippen LogP contribution in [0.25, 0.3) is 0 Å². The van der Waals surface area contributed by atoms with Crippen molar-refractivity contribution in [2.24, 2.45) is 0 Å². The van der Waals surface area contributed by atoms with Gasteiger partial charge in [0.2, 0.25) is 0 Å². The van der Waals surface area contributed by atoms with Crippen LogP contribution in [0.4, 0.5) is 0 Å². The minimum absolute atomic E-state index is 0.468. The molecule has 1 aliphatic carbocycles. The van der Waals surface area contributed by atoms with Gasteiger partial charge < -0.3 is 0 Å². The summed E-state index contributed by atoms with van der Waals surface area (Å²) in [6.07, 6.45) is 10.2. The summed E-state index contributed by atoms with van der Waals surface area (Å²) in [6.45, 7) is 3.16. The Morgan fingerprint density at radius 2 is 1.61 bits per heavy atom. The van der Waals surface area contributed by atoms with E-state index in [0.717, 1.165) is 29.1 Å². The lowest BCUT2D eigenvalue weighted by Gasteiger charge is -2.38. The lowest BCUT2D eigenvalue weighted by atomic mass is 9.96. The normalized spacial score (nSPS) is 22.3. The molecule has 3 rings (SSSR count). The van der Waals surface area contributed by atoms with Gasteiger partial charge in [0, 0.05) is 10.5 Å². The molecule has 0 amide bonds. The molecular formula is C18H27BrN2OS. The zero-order valence-electron chi connectivity index (χ0n) is 13.8. The van der Waals surface area contributed by atoms with E-state index in [1.807, 2.05) is 24.3 Å². The number of likely N-dealkylation sites (tertiary alicyclic amines) is 1. The molecule has 23 heavy (non-hydrogen) atoms. The van der Waals surface area contributed by atoms with Gasteiger partial charge in [-0.25, -0.2) is 8.51 Å². The molecule has 3 nitrogen and oxygen atoms in total. The van der Waals surface area contributed by atoms with Crippen molar-refractivity contribution in [3.63, 3.8) is 0 Å². The van der Waals surface area contributed by atoms with Crippen LogP contribution in [-0.4, -0.2) is 39.2 Å². The number of piperidine rings is 1. The largest absolute Gasteiger partial charge is 0.290 e. The molecule has 1 unspecified atom stereocenters. The maximum absolute atomic E-state index is 13.2. The highest BCUT2D eigenvalue weighted by Gasteiger charge is 2.28. The van der Waals surface area contributed by atoms with Gasteiger partial charge in [0.25, 0.3) is 0 Å². The number of rotatable bonds is 5. The van der Waals surface area contributed by atoms with Gasteiger partial charge in [0.05, 0.1) is 11.6 Å². The third kappa shape index (κ3) is 4.88. The first-order chi connectivity index (χ1) is 11.2. The second-order valence-corrected chi connectivity index (χ2v) is 9.09. The van der Waals surface area contributed by atoms with E-state index in [1.165, 1.54) is 51.4 Å². The molecule has 5 heteroatoms. The Kier molecular flexibility index (Phi) is 6.69. The van der Waals surface area contributed by atoms with E-state index in [-0.39, 0.29) is 0 Å². The molecule has 0 spiro atoms. The van der Waals surface area contributed by atoms with Gasteiger partial charge in [-0.3, -0.25) is 4.90 Å². The fourth-order valence-electron chi connectivity index (χ4n) is 3.66. The molecule has 1 aromatic carbocycles. The third-order valence-electron chi connectivity index (χ3n) is 5.00. The summed E-state index contributed by atoms with van der Waals surface area (Å²) in [5.74, 6) is 0. The van der Waals surface area contributed by atoms with Crippen LogP contribution >= 0.6 is 15.9 Å². The van der Waals surface area contributed by atoms with Crippen molar-refractivity contribution < 1.29 is 4.21 Å². The van der Waals surface area contributed by atoms with Crippen LogP contribution < -0.4 is 0 Å². The van der Waals surface area contributed by atoms with Crippen LogP contribution in [0.1, 0.15) is 51.4 Å². The summed E-state index contributed by atoms with van der Waals surface area (Å²) in [7, 11) is -1.06. The molecular weight excluding hydrogens is 372 g/mol. The predicted octanol–water partition coefficient (Wildman–Crippen LogP) is 4.55. The van der Waals surface area contributed by atoms with Crippen molar-refractivity contribution in [3.05, 3.63) is 28.7 Å². The van der Waals surface area contributed by atoms with Crippen molar-refractivity contribution in [3.8, 4) is 0 Å². The standard InChI is InChI=1S/C18H27BrN2OS/c19-16-9-11-18(12-10-16)23(22)21(17-7-3-1-4-8-17)15-20-13-5-2-6-14-20/h9-12,17H,1-8,13-15H2. The van der Waals surface area contributed by atoms with E-state index in [1.54, 1.807) is 0 Å². The summed E-state index contributed by atoms with van der Waals surface area (Å²) in [5, 5.41) is 0. The lowest BCUT2D eigenvalue weighted by molar-refractivity contribution is 0.131. The Morgan fingerprint density at radius 1 is 1.00 bits per heavy atom. The molecule has 1 saturated carbocycles. The second-order valence-electron chi connectivity index (χ2n) is 6.73. The van der Waals surface area contributed by atoms with Crippen LogP contribution in [0.5, 0.6) is 0 Å². The average Bonchev–Trinajstić information content (AvgIpc) is 2.61. The molecule has 0 N–H and O–H groups in total. The van der Waals surface area contributed by atoms with Gasteiger partial charge in [0.1, 0.15) is 11.0 Å². The number of halogens is 1. The second kappa shape index (κ2) is 8.75. The van der Waals surface area contributed by atoms with E-state index in [2.05, 4.69) is 25.1 Å². The topological polar surface area (TPSA) is 23.6 Å². The summed E-state index contributed by atoms with van der Waals surface area (Å²) in [6, 6.07) is 8.44. The Balaban J connectivity index is 1.75. The van der Waals surface area contributed by atoms with E-state index >= 15 is 0 Å². The fraction of sp³-hybridized carbons (Fsp3) is 0.667. The monoisotopic (exact) mass is 398 g/mol. The van der Waals surface area contributed by atoms with Crippen LogP contribution in [0.3, 0.4) is 0 Å². The van der Waals surface area contributed by atoms with Crippen LogP contribution in [0.15, 0.2) is 33.6 Å². The van der Waals surface area contributed by atoms with Gasteiger partial charge in [-0.1, -0.05) is 41.6 Å². The molecule has 2 aliphatic rings. The first kappa shape index (κ1) is 17.6. The first-order valence-corrected chi connectivity index (χ1v) is 10.8. The predicted molar refractivity (Wildman–Crippen MR) is 99.6 cm³/mol. The van der Waals surface area contributed by atoms with E-state index < -0.39 is 11.0 Å². The molecule has 0 radical (unpaired) electrons. The number of benzene rings is 1. The molecule has 1 atom stereocenters. The van der Waals surface area contributed by atoms with Crippen molar-refractivity contribution in [2.45, 2.75) is 62.3 Å². The summed E-state index contributed by atoms with van der Waals surface area (Å²) in [4.78, 5) is 3.42. The highest BCUT2D eigenvalue weighted by atomic mass is 79.9. The molecule has 1 saturated heterocycles. The van der Waals surface area contributed by atoms with Gasteiger partial charge in [-0.15, -0.1) is 0 Å². The zero-order chi connectivity index (χ0) is 16.1. The minimum Gasteiger partial charge on any atom is -0.290 e. The van der Waals surface area contributed by atoms with E-state index in [0.29, 0.717) is 6.04 Å². The molecule has 1 aromatic rings. The maximum atomic E-state index is 13.2. The van der Waals surface area contributed by atoms with Gasteiger partial charge in [-0.2, -0.15) is 0 Å². The van der Waals surface area contributed by atoms with Crippen LogP contribution in [-0.2, 0) is 11.0 Å². The van der Waals surface area contributed by atoms with E-state index in [4.69, 9.17) is 0 Å². The van der Waals surface area contributed by atoms with Crippen LogP contribution in [0.2, 0.25) is 0 Å². The van der Waals surface area contributed by atoms with Crippen molar-refractivity contribution >= 4 is 26.9 Å². The maximum Gasteiger partial charge on any atom is 0.129 e. The molecule has 1 aliphatic heterocycles. The minimum atomic E-state index is -1.06. The highest BCUT2D eigenvalue weighted by Crippen LogP contribution is 2.27. The highest BCUT2D eigenvalue weighted by molar-refractivity contribution is 9.10. The lowest BCUT2D eigenvalue weighted by Crippen LogP contribution is -2.46. The summed E-state index contributed by atoms with van der Waals surface area (Å²) >= 11 is 3.47. The van der Waals surface area contributed by atoms with Crippen LogP contribution in [0, 0.1) is 0 Å². The van der Waals surface area contributed by atoms with Crippen molar-refractivity contribution in [1.82, 2.24) is 9.21 Å². The SMILES string of the molecule is O=S(c1ccc(Br)cc1)N(CN1CCCCC1)C1CCCCC1. The quantitative estimate of drug-likeness (QED) is 0.725. The Hall–Kier alpha value is -0.230. The Labute approximate surface area is 151 Å². The molecule has 128 valence electrons. The Morgan fingerprint density at radius 3 is 2.26 bits per heavy atom. The number of hydrogen-bond donors (Lipinski definition) is 0. The average molecular weight is 399 g/mol. The fourth-order valence-corrected chi connectivity index (χ4v) is 5.31. The molecule has 1 heterocycles. The smallest absolute Gasteiger partial charge is 0.129 e. The Bertz CT molecular complexity index is 510. The first-order valence-electron chi connectivity index (χ1n) is 8.90. The van der Waals surface area contributed by atoms with Crippen molar-refractivity contribution in [2.75, 3.05) is 19.8 Å². The van der Waals surface area contributed by atoms with Gasteiger partial charge >= 0.3 is 0 Å². The summed E-state index contributed by atoms with van der Waals surface area (Å²) in [5.41, 5.74) is 0. The van der Waals surface area contributed by atoms with Gasteiger partial charge in [0.15, 0.2) is 0 Å². The molecule has 2 fully saturated rings. The zero-order valence-corrected chi connectivity index (χ0v) is 16.2. The van der Waals surface area contributed by atoms with Crippen molar-refractivity contribution in [1.29, 1.82) is 0 Å². The van der Waals surface area contributed by atoms with Gasteiger partial charge in [-0.05, 0) is 63.0 Å². The molecule has 0 bridgehead atoms. The molecule has 0 aromatic heterocycles.